The van der Waals surface area contributed by atoms with Gasteiger partial charge in [0.05, 0.1) is 11.8 Å². The molecule has 1 N–H and O–H groups in total. The zero-order valence-corrected chi connectivity index (χ0v) is 16.4. The van der Waals surface area contributed by atoms with Gasteiger partial charge in [-0.05, 0) is 37.3 Å². The van der Waals surface area contributed by atoms with Crippen molar-refractivity contribution in [3.05, 3.63) is 18.2 Å². The number of rotatable bonds is 9. The van der Waals surface area contributed by atoms with Gasteiger partial charge < -0.3 is 24.4 Å². The number of hydrogen-bond acceptors (Lipinski definition) is 4. The molecular weight excluding hydrogens is 396 g/mol. The lowest BCUT2D eigenvalue weighted by Gasteiger charge is -2.32. The summed E-state index contributed by atoms with van der Waals surface area (Å²) in [6.07, 6.45) is 2.40. The molecule has 0 aromatic heterocycles. The Morgan fingerprint density at radius 3 is 2.38 bits per heavy atom. The van der Waals surface area contributed by atoms with Crippen LogP contribution in [0.4, 0.5) is 28.0 Å². The molecule has 1 aliphatic heterocycles. The van der Waals surface area contributed by atoms with E-state index in [9.17, 15) is 22.4 Å². The van der Waals surface area contributed by atoms with E-state index in [0.29, 0.717) is 38.5 Å². The van der Waals surface area contributed by atoms with E-state index in [0.717, 1.165) is 18.6 Å². The van der Waals surface area contributed by atoms with E-state index in [-0.39, 0.29) is 17.5 Å². The summed E-state index contributed by atoms with van der Waals surface area (Å²) in [5.41, 5.74) is -0.0628. The number of anilines is 1. The minimum absolute atomic E-state index is 0.0628. The lowest BCUT2D eigenvalue weighted by molar-refractivity contribution is -0.0540. The van der Waals surface area contributed by atoms with Gasteiger partial charge >= 0.3 is 19.3 Å². The Morgan fingerprint density at radius 2 is 1.79 bits per heavy atom. The minimum Gasteiger partial charge on any atom is -0.435 e. The molecule has 0 radical (unpaired) electrons. The molecule has 0 saturated carbocycles. The highest BCUT2D eigenvalue weighted by atomic mass is 19.3. The Bertz CT molecular complexity index is 653. The highest BCUT2D eigenvalue weighted by molar-refractivity contribution is 5.91. The maximum Gasteiger partial charge on any atom is 0.387 e. The standard InChI is InChI=1S/C19H26F4N2O4/c1-12(2)7-10-27-13-5-8-25(9-6-13)19(26)24-15-4-3-14(28-17(20)21)11-16(15)29-18(22)23/h3-4,11-13,17-18H,5-10H2,1-2H3,(H,24,26). The summed E-state index contributed by atoms with van der Waals surface area (Å²) in [5.74, 6) is -0.255. The number of amides is 2. The van der Waals surface area contributed by atoms with Crippen molar-refractivity contribution in [3.8, 4) is 11.5 Å². The van der Waals surface area contributed by atoms with Crippen LogP contribution in [0.1, 0.15) is 33.1 Å². The highest BCUT2D eigenvalue weighted by Crippen LogP contribution is 2.32. The summed E-state index contributed by atoms with van der Waals surface area (Å²) in [5, 5.41) is 2.48. The molecule has 0 aliphatic carbocycles. The van der Waals surface area contributed by atoms with E-state index in [4.69, 9.17) is 4.74 Å². The number of halogens is 4. The predicted octanol–water partition coefficient (Wildman–Crippen LogP) is 4.95. The second-order valence-electron chi connectivity index (χ2n) is 7.08. The molecule has 1 aromatic carbocycles. The van der Waals surface area contributed by atoms with Crippen LogP contribution in [0.3, 0.4) is 0 Å². The van der Waals surface area contributed by atoms with Crippen molar-refractivity contribution in [2.75, 3.05) is 25.0 Å². The van der Waals surface area contributed by atoms with Crippen LogP contribution in [0.15, 0.2) is 18.2 Å². The second-order valence-corrected chi connectivity index (χ2v) is 7.08. The molecule has 10 heteroatoms. The summed E-state index contributed by atoms with van der Waals surface area (Å²) in [6, 6.07) is 2.69. The SMILES string of the molecule is CC(C)CCOC1CCN(C(=O)Nc2ccc(OC(F)F)cc2OC(F)F)CC1. The van der Waals surface area contributed by atoms with Gasteiger partial charge in [0.15, 0.2) is 5.75 Å². The zero-order valence-electron chi connectivity index (χ0n) is 16.4. The molecule has 0 bridgehead atoms. The van der Waals surface area contributed by atoms with Crippen molar-refractivity contribution in [2.45, 2.75) is 52.4 Å². The third kappa shape index (κ3) is 7.96. The fourth-order valence-electron chi connectivity index (χ4n) is 2.87. The molecule has 6 nitrogen and oxygen atoms in total. The fourth-order valence-corrected chi connectivity index (χ4v) is 2.87. The van der Waals surface area contributed by atoms with Crippen LogP contribution >= 0.6 is 0 Å². The van der Waals surface area contributed by atoms with Crippen molar-refractivity contribution < 1.29 is 36.6 Å². The molecule has 2 rings (SSSR count). The number of hydrogen-bond donors (Lipinski definition) is 1. The molecule has 1 saturated heterocycles. The van der Waals surface area contributed by atoms with E-state index in [1.54, 1.807) is 0 Å². The average Bonchev–Trinajstić information content (AvgIpc) is 2.63. The molecule has 1 aliphatic rings. The van der Waals surface area contributed by atoms with Crippen LogP contribution in [-0.2, 0) is 4.74 Å². The topological polar surface area (TPSA) is 60.0 Å². The largest absolute Gasteiger partial charge is 0.435 e. The number of likely N-dealkylation sites (tertiary alicyclic amines) is 1. The van der Waals surface area contributed by atoms with Gasteiger partial charge in [-0.15, -0.1) is 0 Å². The van der Waals surface area contributed by atoms with Gasteiger partial charge in [0.25, 0.3) is 0 Å². The summed E-state index contributed by atoms with van der Waals surface area (Å²) >= 11 is 0. The summed E-state index contributed by atoms with van der Waals surface area (Å²) < 4.78 is 64.2. The minimum atomic E-state index is -3.19. The Labute approximate surface area is 167 Å². The van der Waals surface area contributed by atoms with Gasteiger partial charge in [-0.3, -0.25) is 0 Å². The van der Waals surface area contributed by atoms with E-state index in [2.05, 4.69) is 28.6 Å². The molecule has 1 heterocycles. The van der Waals surface area contributed by atoms with Gasteiger partial charge in [-0.1, -0.05) is 13.8 Å². The molecule has 0 atom stereocenters. The van der Waals surface area contributed by atoms with Crippen LogP contribution in [-0.4, -0.2) is 50.0 Å². The second kappa shape index (κ2) is 11.1. The van der Waals surface area contributed by atoms with E-state index >= 15 is 0 Å². The van der Waals surface area contributed by atoms with Crippen LogP contribution in [0.25, 0.3) is 0 Å². The summed E-state index contributed by atoms with van der Waals surface area (Å²) in [4.78, 5) is 14.0. The molecule has 164 valence electrons. The van der Waals surface area contributed by atoms with E-state index in [1.165, 1.54) is 11.0 Å². The Hall–Kier alpha value is -2.23. The Balaban J connectivity index is 1.92. The first-order chi connectivity index (χ1) is 13.7. The number of ether oxygens (including phenoxy) is 3. The van der Waals surface area contributed by atoms with Crippen molar-refractivity contribution in [3.63, 3.8) is 0 Å². The maximum absolute atomic E-state index is 12.6. The van der Waals surface area contributed by atoms with E-state index in [1.807, 2.05) is 0 Å². The molecule has 1 aromatic rings. The Kier molecular flexibility index (Phi) is 8.81. The van der Waals surface area contributed by atoms with E-state index < -0.39 is 25.0 Å². The maximum atomic E-state index is 12.6. The molecular formula is C19H26F4N2O4. The predicted molar refractivity (Wildman–Crippen MR) is 98.7 cm³/mol. The smallest absolute Gasteiger partial charge is 0.387 e. The zero-order chi connectivity index (χ0) is 21.4. The lowest BCUT2D eigenvalue weighted by Crippen LogP contribution is -2.43. The molecule has 29 heavy (non-hydrogen) atoms. The average molecular weight is 422 g/mol. The number of piperidine rings is 1. The van der Waals surface area contributed by atoms with Gasteiger partial charge in [0.2, 0.25) is 0 Å². The lowest BCUT2D eigenvalue weighted by atomic mass is 10.1. The van der Waals surface area contributed by atoms with Crippen molar-refractivity contribution >= 4 is 11.7 Å². The van der Waals surface area contributed by atoms with Gasteiger partial charge in [-0.25, -0.2) is 4.79 Å². The summed E-state index contributed by atoms with van der Waals surface area (Å²) in [6.45, 7) is -0.477. The quantitative estimate of drug-likeness (QED) is 0.572. The number of carbonyl (C=O) groups excluding carboxylic acids is 1. The first-order valence-corrected chi connectivity index (χ1v) is 9.45. The number of urea groups is 1. The molecule has 1 fully saturated rings. The molecule has 2 amide bonds. The van der Waals surface area contributed by atoms with Crippen LogP contribution in [0.5, 0.6) is 11.5 Å². The molecule has 0 spiro atoms. The highest BCUT2D eigenvalue weighted by Gasteiger charge is 2.24. The number of nitrogens with zero attached hydrogens (tertiary/aromatic N) is 1. The third-order valence-electron chi connectivity index (χ3n) is 4.41. The normalized spacial score (nSPS) is 15.3. The van der Waals surface area contributed by atoms with Crippen molar-refractivity contribution in [1.29, 1.82) is 0 Å². The van der Waals surface area contributed by atoms with Gasteiger partial charge in [-0.2, -0.15) is 17.6 Å². The first-order valence-electron chi connectivity index (χ1n) is 9.45. The Morgan fingerprint density at radius 1 is 1.14 bits per heavy atom. The monoisotopic (exact) mass is 422 g/mol. The van der Waals surface area contributed by atoms with Gasteiger partial charge in [0, 0.05) is 25.8 Å². The van der Waals surface area contributed by atoms with Crippen molar-refractivity contribution in [1.82, 2.24) is 4.90 Å². The van der Waals surface area contributed by atoms with Crippen molar-refractivity contribution in [2.24, 2.45) is 5.92 Å². The number of alkyl halides is 4. The summed E-state index contributed by atoms with van der Waals surface area (Å²) in [7, 11) is 0. The number of benzene rings is 1. The van der Waals surface area contributed by atoms with Crippen LogP contribution in [0.2, 0.25) is 0 Å². The van der Waals surface area contributed by atoms with Crippen LogP contribution < -0.4 is 14.8 Å². The van der Waals surface area contributed by atoms with Gasteiger partial charge in [0.1, 0.15) is 5.75 Å². The first kappa shape index (κ1) is 23.1. The number of nitrogens with one attached hydrogen (secondary N) is 1. The fraction of sp³-hybridized carbons (Fsp3) is 0.632. The molecule has 0 unspecified atom stereocenters. The third-order valence-corrected chi connectivity index (χ3v) is 4.41. The number of carbonyl (C=O) groups is 1. The van der Waals surface area contributed by atoms with Crippen LogP contribution in [0, 0.1) is 5.92 Å².